The number of para-hydroxylation sites is 9. The van der Waals surface area contributed by atoms with Gasteiger partial charge in [-0.1, -0.05) is 303 Å². The molecule has 560 valence electrons. The number of nitrogens with zero attached hydrogens (tertiary/aromatic N) is 17. The predicted octanol–water partition coefficient (Wildman–Crippen LogP) is 23.3. The van der Waals surface area contributed by atoms with Crippen molar-refractivity contribution in [1.29, 1.82) is 0 Å². The number of hydrogen-bond acceptors (Lipinski definition) is 14. The molecule has 0 radical (unpaired) electrons. The van der Waals surface area contributed by atoms with Gasteiger partial charge < -0.3 is 0 Å². The van der Waals surface area contributed by atoms with Crippen LogP contribution in [0.2, 0.25) is 0 Å². The van der Waals surface area contributed by atoms with Crippen molar-refractivity contribution in [3.05, 3.63) is 382 Å². The van der Waals surface area contributed by atoms with Gasteiger partial charge >= 0.3 is 0 Å². The highest BCUT2D eigenvalue weighted by molar-refractivity contribution is 6.12. The summed E-state index contributed by atoms with van der Waals surface area (Å²) in [5.74, 6) is 6.05. The van der Waals surface area contributed by atoms with Gasteiger partial charge in [-0.05, 0) is 80.6 Å². The van der Waals surface area contributed by atoms with Crippen LogP contribution in [-0.4, -0.2) is 83.5 Å². The third kappa shape index (κ3) is 13.2. The van der Waals surface area contributed by atoms with Crippen molar-refractivity contribution < 1.29 is 0 Å². The molecule has 0 N–H and O–H groups in total. The van der Waals surface area contributed by atoms with Crippen LogP contribution in [0.15, 0.2) is 370 Å². The Morgan fingerprint density at radius 1 is 0.168 bits per heavy atom. The summed E-state index contributed by atoms with van der Waals surface area (Å²) in [7, 11) is 0. The van der Waals surface area contributed by atoms with Crippen LogP contribution in [0.3, 0.4) is 0 Å². The van der Waals surface area contributed by atoms with Crippen LogP contribution in [0.4, 0.5) is 0 Å². The number of benzene rings is 14. The monoisotopic (exact) mass is 1530 g/mol. The molecule has 23 rings (SSSR count). The average molecular weight is 1530 g/mol. The first-order valence-corrected chi connectivity index (χ1v) is 39.3. The fourth-order valence-electron chi connectivity index (χ4n) is 16.0. The minimum atomic E-state index is 0.498. The van der Waals surface area contributed by atoms with Crippen LogP contribution in [-0.2, 0) is 0 Å². The lowest BCUT2D eigenvalue weighted by Crippen LogP contribution is -2.06. The maximum Gasteiger partial charge on any atom is 0.235 e. The molecule has 0 fully saturated rings. The molecule has 0 spiro atoms. The quantitative estimate of drug-likeness (QED) is 0.119. The van der Waals surface area contributed by atoms with Crippen molar-refractivity contribution in [3.63, 3.8) is 0 Å². The third-order valence-corrected chi connectivity index (χ3v) is 21.4. The lowest BCUT2D eigenvalue weighted by Gasteiger charge is -2.13. The highest BCUT2D eigenvalue weighted by Crippen LogP contribution is 2.40. The van der Waals surface area contributed by atoms with Crippen LogP contribution in [0.1, 0.15) is 11.6 Å². The molecular formula is C102H67N17. The van der Waals surface area contributed by atoms with Gasteiger partial charge in [-0.3, -0.25) is 13.7 Å². The first-order chi connectivity index (χ1) is 58.8. The summed E-state index contributed by atoms with van der Waals surface area (Å²) in [5.41, 5.74) is 18.7. The molecule has 17 heteroatoms. The molecule has 0 bridgehead atoms. The molecule has 17 nitrogen and oxygen atoms in total. The Labute approximate surface area is 681 Å². The van der Waals surface area contributed by atoms with Gasteiger partial charge in [-0.15, -0.1) is 0 Å². The van der Waals surface area contributed by atoms with Gasteiger partial charge in [0.05, 0.1) is 66.7 Å². The Morgan fingerprint density at radius 2 is 0.429 bits per heavy atom. The largest absolute Gasteiger partial charge is 0.278 e. The van der Waals surface area contributed by atoms with Crippen LogP contribution in [0.25, 0.3) is 207 Å². The van der Waals surface area contributed by atoms with Gasteiger partial charge in [0, 0.05) is 81.9 Å². The molecule has 0 saturated carbocycles. The van der Waals surface area contributed by atoms with E-state index in [1.807, 2.05) is 196 Å². The average Bonchev–Trinajstić information content (AvgIpc) is 0.930. The second-order valence-corrected chi connectivity index (χ2v) is 28.8. The second-order valence-electron chi connectivity index (χ2n) is 28.8. The molecular weight excluding hydrogens is 1460 g/mol. The van der Waals surface area contributed by atoms with Crippen LogP contribution < -0.4 is 0 Å². The van der Waals surface area contributed by atoms with Gasteiger partial charge in [-0.2, -0.15) is 0 Å². The molecule has 9 heterocycles. The molecule has 9 aromatic heterocycles. The molecule has 0 atom stereocenters. The van der Waals surface area contributed by atoms with E-state index in [0.717, 1.165) is 127 Å². The van der Waals surface area contributed by atoms with Crippen molar-refractivity contribution in [2.75, 3.05) is 0 Å². The SMILES string of the molecule is Cc1nc(C)nc(-c2nc(-n3c4ccccc4c4ccccc43)nc3ccccc23)n1.c1ccc(-c2cc(-c3ccccc3)nc(-c3cccc(-c4nc(-n5c6ccccc6c6ccccc65)nc5ccccc45)c3)n2)cc1.c1ccc(-c2nc(-c3ccccc3)nc(-c3nc(-n4c5ccccc5c5ccccc54)nc4ccccc34)n2)cc1. The van der Waals surface area contributed by atoms with Crippen molar-refractivity contribution in [3.8, 4) is 109 Å². The molecule has 0 aliphatic heterocycles. The molecule has 0 aliphatic rings. The van der Waals surface area contributed by atoms with Crippen molar-refractivity contribution >= 4 is 98.1 Å². The van der Waals surface area contributed by atoms with Crippen LogP contribution in [0.5, 0.6) is 0 Å². The van der Waals surface area contributed by atoms with Gasteiger partial charge in [0.15, 0.2) is 29.1 Å². The molecule has 14 aromatic carbocycles. The van der Waals surface area contributed by atoms with E-state index in [-0.39, 0.29) is 0 Å². The fraction of sp³-hybridized carbons (Fsp3) is 0.0196. The summed E-state index contributed by atoms with van der Waals surface area (Å²) in [6.07, 6.45) is 0. The number of fused-ring (bicyclic) bond motifs is 12. The highest BCUT2D eigenvalue weighted by atomic mass is 15.2. The predicted molar refractivity (Wildman–Crippen MR) is 477 cm³/mol. The lowest BCUT2D eigenvalue weighted by molar-refractivity contribution is 0.918. The van der Waals surface area contributed by atoms with Gasteiger partial charge in [0.1, 0.15) is 23.0 Å². The van der Waals surface area contributed by atoms with Gasteiger partial charge in [0.25, 0.3) is 0 Å². The minimum absolute atomic E-state index is 0.498. The van der Waals surface area contributed by atoms with E-state index in [2.05, 4.69) is 217 Å². The maximum atomic E-state index is 5.29. The Balaban J connectivity index is 0.000000113. The van der Waals surface area contributed by atoms with E-state index >= 15 is 0 Å². The zero-order chi connectivity index (χ0) is 79.3. The summed E-state index contributed by atoms with van der Waals surface area (Å²) < 4.78 is 6.41. The molecule has 119 heavy (non-hydrogen) atoms. The number of hydrogen-bond donors (Lipinski definition) is 0. The number of rotatable bonds is 11. The first-order valence-electron chi connectivity index (χ1n) is 39.3. The lowest BCUT2D eigenvalue weighted by atomic mass is 10.0. The topological polar surface area (TPSA) is 195 Å². The second kappa shape index (κ2) is 30.2. The molecule has 0 aliphatic carbocycles. The summed E-state index contributed by atoms with van der Waals surface area (Å²) in [6, 6.07) is 125. The smallest absolute Gasteiger partial charge is 0.235 e. The van der Waals surface area contributed by atoms with E-state index in [9.17, 15) is 0 Å². The minimum Gasteiger partial charge on any atom is -0.278 e. The number of aromatic nitrogens is 17. The van der Waals surface area contributed by atoms with Crippen molar-refractivity contribution in [2.45, 2.75) is 13.8 Å². The zero-order valence-corrected chi connectivity index (χ0v) is 64.3. The fourth-order valence-corrected chi connectivity index (χ4v) is 16.0. The Kier molecular flexibility index (Phi) is 17.9. The Morgan fingerprint density at radius 3 is 0.790 bits per heavy atom. The van der Waals surface area contributed by atoms with E-state index < -0.39 is 0 Å². The Bertz CT molecular complexity index is 7550. The summed E-state index contributed by atoms with van der Waals surface area (Å²) in [6.45, 7) is 3.74. The normalized spacial score (nSPS) is 11.4. The van der Waals surface area contributed by atoms with E-state index in [0.29, 0.717) is 70.0 Å². The first kappa shape index (κ1) is 70.5. The molecule has 23 aromatic rings. The van der Waals surface area contributed by atoms with Crippen molar-refractivity contribution in [2.24, 2.45) is 0 Å². The standard InChI is InChI=1S/C42H27N5.C35H22N6.C25H18N6/c1-3-14-28(15-4-1)36-27-37(29-16-5-2-6-17-29)44-41(43-36)31-19-13-18-30(26-31)40-34-22-7-10-23-35(34)45-42(46-40)47-38-24-11-8-20-32(38)33-21-9-12-25-39(33)47;1-3-13-23(14-4-1)32-38-33(24-15-5-2-6-16-24)40-34(39-32)31-27-19-7-10-20-28(27)36-35(37-31)41-29-21-11-8-17-25(29)26-18-9-12-22-30(26)41;1-15-26-16(2)28-24(27-15)23-19-11-3-6-12-20(19)29-25(30-23)31-21-13-7-4-9-17(21)18-10-5-8-14-22(18)31/h1-27H;1-22H;3-14H,1-2H3. The van der Waals surface area contributed by atoms with Crippen LogP contribution in [0, 0.1) is 13.8 Å². The van der Waals surface area contributed by atoms with Crippen molar-refractivity contribution in [1.82, 2.24) is 83.5 Å². The summed E-state index contributed by atoms with van der Waals surface area (Å²) in [4.78, 5) is 69.0. The molecule has 0 saturated heterocycles. The Hall–Kier alpha value is -16.4. The molecule has 0 unspecified atom stereocenters. The maximum absolute atomic E-state index is 5.29. The third-order valence-electron chi connectivity index (χ3n) is 21.4. The van der Waals surface area contributed by atoms with Crippen LogP contribution >= 0.6 is 0 Å². The number of aryl methyl sites for hydroxylation is 2. The molecule has 0 amide bonds. The van der Waals surface area contributed by atoms with Gasteiger partial charge in [-0.25, -0.2) is 69.8 Å². The zero-order valence-electron chi connectivity index (χ0n) is 64.3. The van der Waals surface area contributed by atoms with E-state index in [1.165, 1.54) is 21.5 Å². The van der Waals surface area contributed by atoms with E-state index in [1.54, 1.807) is 0 Å². The highest BCUT2D eigenvalue weighted by Gasteiger charge is 2.24. The van der Waals surface area contributed by atoms with Gasteiger partial charge in [0.2, 0.25) is 17.8 Å². The summed E-state index contributed by atoms with van der Waals surface area (Å²) >= 11 is 0. The summed E-state index contributed by atoms with van der Waals surface area (Å²) in [5, 5.41) is 9.77. The van der Waals surface area contributed by atoms with E-state index in [4.69, 9.17) is 54.8 Å².